The molecule has 5 nitrogen and oxygen atoms in total. The SMILES string of the molecule is CCS(=O)(=O)N1CCC(NC(=O)c2cc3c(s2)CCCCC3)CC1. The van der Waals surface area contributed by atoms with Crippen molar-refractivity contribution in [2.24, 2.45) is 0 Å². The average Bonchev–Trinajstić information content (AvgIpc) is 2.86. The number of hydrogen-bond acceptors (Lipinski definition) is 4. The topological polar surface area (TPSA) is 66.5 Å². The van der Waals surface area contributed by atoms with E-state index in [-0.39, 0.29) is 17.7 Å². The lowest BCUT2D eigenvalue weighted by Gasteiger charge is -2.31. The Bertz CT molecular complexity index is 665. The van der Waals surface area contributed by atoms with E-state index < -0.39 is 10.0 Å². The van der Waals surface area contributed by atoms with Crippen LogP contribution in [-0.2, 0) is 22.9 Å². The van der Waals surface area contributed by atoms with Crippen LogP contribution in [0.25, 0.3) is 0 Å². The number of rotatable bonds is 4. The van der Waals surface area contributed by atoms with Crippen molar-refractivity contribution in [1.82, 2.24) is 9.62 Å². The normalized spacial score (nSPS) is 20.4. The number of sulfonamides is 1. The molecule has 3 rings (SSSR count). The van der Waals surface area contributed by atoms with Gasteiger partial charge in [-0.3, -0.25) is 4.79 Å². The molecule has 0 radical (unpaired) electrons. The number of nitrogens with zero attached hydrogens (tertiary/aromatic N) is 1. The lowest BCUT2D eigenvalue weighted by molar-refractivity contribution is 0.0928. The lowest BCUT2D eigenvalue weighted by Crippen LogP contribution is -2.46. The first kappa shape index (κ1) is 17.9. The fraction of sp³-hybridized carbons (Fsp3) is 0.706. The number of thiophene rings is 1. The van der Waals surface area contributed by atoms with Crippen molar-refractivity contribution in [3.05, 3.63) is 21.4 Å². The van der Waals surface area contributed by atoms with Crippen LogP contribution in [0.4, 0.5) is 0 Å². The van der Waals surface area contributed by atoms with E-state index in [9.17, 15) is 13.2 Å². The van der Waals surface area contributed by atoms with Gasteiger partial charge in [-0.05, 0) is 57.1 Å². The molecule has 0 atom stereocenters. The molecule has 0 bridgehead atoms. The summed E-state index contributed by atoms with van der Waals surface area (Å²) in [5.74, 6) is 0.148. The van der Waals surface area contributed by atoms with Gasteiger partial charge in [0.1, 0.15) is 0 Å². The van der Waals surface area contributed by atoms with Crippen molar-refractivity contribution in [3.63, 3.8) is 0 Å². The van der Waals surface area contributed by atoms with E-state index in [0.29, 0.717) is 25.9 Å². The Kier molecular flexibility index (Phi) is 5.62. The second-order valence-corrected chi connectivity index (χ2v) is 10.1. The highest BCUT2D eigenvalue weighted by Gasteiger charge is 2.28. The van der Waals surface area contributed by atoms with Crippen molar-refractivity contribution in [2.75, 3.05) is 18.8 Å². The summed E-state index contributed by atoms with van der Waals surface area (Å²) in [5, 5.41) is 3.10. The van der Waals surface area contributed by atoms with Crippen molar-refractivity contribution < 1.29 is 13.2 Å². The number of nitrogens with one attached hydrogen (secondary N) is 1. The Labute approximate surface area is 148 Å². The van der Waals surface area contributed by atoms with Crippen LogP contribution in [0.2, 0.25) is 0 Å². The summed E-state index contributed by atoms with van der Waals surface area (Å²) in [6.45, 7) is 2.67. The van der Waals surface area contributed by atoms with Gasteiger partial charge in [0.15, 0.2) is 0 Å². The fourth-order valence-electron chi connectivity index (χ4n) is 3.50. The fourth-order valence-corrected chi connectivity index (χ4v) is 5.79. The molecule has 0 unspecified atom stereocenters. The zero-order chi connectivity index (χ0) is 17.2. The molecule has 1 fully saturated rings. The molecule has 0 aromatic carbocycles. The van der Waals surface area contributed by atoms with Gasteiger partial charge in [0.2, 0.25) is 10.0 Å². The van der Waals surface area contributed by atoms with Gasteiger partial charge in [0.05, 0.1) is 10.6 Å². The molecule has 1 saturated heterocycles. The van der Waals surface area contributed by atoms with E-state index in [1.54, 1.807) is 22.6 Å². The van der Waals surface area contributed by atoms with E-state index >= 15 is 0 Å². The molecule has 2 aliphatic rings. The molecule has 2 heterocycles. The van der Waals surface area contributed by atoms with Crippen LogP contribution >= 0.6 is 11.3 Å². The largest absolute Gasteiger partial charge is 0.349 e. The summed E-state index contributed by atoms with van der Waals surface area (Å²) in [6.07, 6.45) is 7.29. The third kappa shape index (κ3) is 4.00. The molecule has 1 aromatic heterocycles. The minimum Gasteiger partial charge on any atom is -0.349 e. The molecule has 24 heavy (non-hydrogen) atoms. The maximum absolute atomic E-state index is 12.5. The molecule has 1 amide bonds. The van der Waals surface area contributed by atoms with Crippen LogP contribution in [0.5, 0.6) is 0 Å². The van der Waals surface area contributed by atoms with Crippen LogP contribution in [0.3, 0.4) is 0 Å². The van der Waals surface area contributed by atoms with Crippen molar-refractivity contribution in [3.8, 4) is 0 Å². The first-order valence-corrected chi connectivity index (χ1v) is 11.3. The Hall–Kier alpha value is -0.920. The zero-order valence-electron chi connectivity index (χ0n) is 14.2. The smallest absolute Gasteiger partial charge is 0.261 e. The molecule has 1 aliphatic heterocycles. The van der Waals surface area contributed by atoms with Crippen LogP contribution in [-0.4, -0.2) is 43.5 Å². The molecule has 0 saturated carbocycles. The Morgan fingerprint density at radius 3 is 2.67 bits per heavy atom. The van der Waals surface area contributed by atoms with Gasteiger partial charge >= 0.3 is 0 Å². The molecule has 7 heteroatoms. The molecular weight excluding hydrogens is 344 g/mol. The van der Waals surface area contributed by atoms with Crippen LogP contribution in [0.15, 0.2) is 6.07 Å². The standard InChI is InChI=1S/C17H26N2O3S2/c1-2-24(21,22)19-10-8-14(9-11-19)18-17(20)16-12-13-6-4-3-5-7-15(13)23-16/h12,14H,2-11H2,1H3,(H,18,20). The van der Waals surface area contributed by atoms with Crippen LogP contribution in [0.1, 0.15) is 59.1 Å². The monoisotopic (exact) mass is 370 g/mol. The second-order valence-electron chi connectivity index (χ2n) is 6.67. The summed E-state index contributed by atoms with van der Waals surface area (Å²) in [6, 6.07) is 2.14. The van der Waals surface area contributed by atoms with E-state index in [1.165, 1.54) is 29.7 Å². The number of hydrogen-bond donors (Lipinski definition) is 1. The van der Waals surface area contributed by atoms with Crippen molar-refractivity contribution in [2.45, 2.75) is 57.9 Å². The predicted molar refractivity (Wildman–Crippen MR) is 97.1 cm³/mol. The molecule has 0 spiro atoms. The summed E-state index contributed by atoms with van der Waals surface area (Å²) >= 11 is 1.64. The van der Waals surface area contributed by atoms with Gasteiger partial charge in [-0.1, -0.05) is 6.42 Å². The van der Waals surface area contributed by atoms with E-state index in [1.807, 2.05) is 0 Å². The highest BCUT2D eigenvalue weighted by Crippen LogP contribution is 2.29. The highest BCUT2D eigenvalue weighted by atomic mass is 32.2. The second kappa shape index (κ2) is 7.54. The first-order valence-electron chi connectivity index (χ1n) is 8.90. The van der Waals surface area contributed by atoms with E-state index in [2.05, 4.69) is 11.4 Å². The summed E-state index contributed by atoms with van der Waals surface area (Å²) < 4.78 is 25.3. The molecular formula is C17H26N2O3S2. The number of carbonyl (C=O) groups excluding carboxylic acids is 1. The first-order chi connectivity index (χ1) is 11.5. The van der Waals surface area contributed by atoms with Gasteiger partial charge in [-0.25, -0.2) is 12.7 Å². The zero-order valence-corrected chi connectivity index (χ0v) is 15.8. The Morgan fingerprint density at radius 2 is 1.96 bits per heavy atom. The van der Waals surface area contributed by atoms with Crippen LogP contribution < -0.4 is 5.32 Å². The number of amides is 1. The maximum Gasteiger partial charge on any atom is 0.261 e. The van der Waals surface area contributed by atoms with Gasteiger partial charge < -0.3 is 5.32 Å². The highest BCUT2D eigenvalue weighted by molar-refractivity contribution is 7.89. The van der Waals surface area contributed by atoms with Crippen molar-refractivity contribution >= 4 is 27.3 Å². The van der Waals surface area contributed by atoms with Gasteiger partial charge in [0, 0.05) is 24.0 Å². The summed E-state index contributed by atoms with van der Waals surface area (Å²) in [5.41, 5.74) is 1.35. The lowest BCUT2D eigenvalue weighted by atomic mass is 10.1. The molecule has 134 valence electrons. The molecule has 1 N–H and O–H groups in total. The predicted octanol–water partition coefficient (Wildman–Crippen LogP) is 2.56. The van der Waals surface area contributed by atoms with Crippen molar-refractivity contribution in [1.29, 1.82) is 0 Å². The third-order valence-corrected chi connectivity index (χ3v) is 8.14. The molecule has 1 aliphatic carbocycles. The van der Waals surface area contributed by atoms with Gasteiger partial charge in [-0.15, -0.1) is 11.3 Å². The third-order valence-electron chi connectivity index (χ3n) is 5.02. The van der Waals surface area contributed by atoms with Gasteiger partial charge in [0.25, 0.3) is 5.91 Å². The number of fused-ring (bicyclic) bond motifs is 1. The molecule has 1 aromatic rings. The van der Waals surface area contributed by atoms with E-state index in [0.717, 1.165) is 17.7 Å². The summed E-state index contributed by atoms with van der Waals surface area (Å²) in [7, 11) is -3.11. The van der Waals surface area contributed by atoms with E-state index in [4.69, 9.17) is 0 Å². The minimum atomic E-state index is -3.11. The Morgan fingerprint density at radius 1 is 1.25 bits per heavy atom. The quantitative estimate of drug-likeness (QED) is 0.829. The number of aryl methyl sites for hydroxylation is 2. The number of carbonyl (C=O) groups is 1. The average molecular weight is 371 g/mol. The summed E-state index contributed by atoms with van der Waals surface area (Å²) in [4.78, 5) is 14.7. The van der Waals surface area contributed by atoms with Crippen LogP contribution in [0, 0.1) is 0 Å². The number of piperidine rings is 1. The Balaban J connectivity index is 1.57. The minimum absolute atomic E-state index is 0.00451. The maximum atomic E-state index is 12.5. The van der Waals surface area contributed by atoms with Gasteiger partial charge in [-0.2, -0.15) is 0 Å².